The summed E-state index contributed by atoms with van der Waals surface area (Å²) in [6, 6.07) is 7.72. The fraction of sp³-hybridized carbons (Fsp3) is 0.647. The van der Waals surface area contributed by atoms with Crippen LogP contribution in [-0.2, 0) is 0 Å². The Labute approximate surface area is 122 Å². The molecular formula is C17H27FN2. The van der Waals surface area contributed by atoms with Crippen molar-refractivity contribution in [1.82, 2.24) is 5.32 Å². The molecule has 0 aliphatic heterocycles. The van der Waals surface area contributed by atoms with E-state index in [4.69, 9.17) is 0 Å². The summed E-state index contributed by atoms with van der Waals surface area (Å²) in [5.41, 5.74) is 0.720. The van der Waals surface area contributed by atoms with E-state index < -0.39 is 0 Å². The van der Waals surface area contributed by atoms with Crippen molar-refractivity contribution in [2.75, 3.05) is 24.5 Å². The number of likely N-dealkylation sites (N-methyl/N-ethyl adjacent to an activating group) is 1. The van der Waals surface area contributed by atoms with E-state index in [9.17, 15) is 4.39 Å². The highest BCUT2D eigenvalue weighted by Gasteiger charge is 2.13. The van der Waals surface area contributed by atoms with Gasteiger partial charge in [-0.2, -0.15) is 0 Å². The van der Waals surface area contributed by atoms with Crippen molar-refractivity contribution in [3.63, 3.8) is 0 Å². The highest BCUT2D eigenvalue weighted by Crippen LogP contribution is 2.19. The molecule has 0 unspecified atom stereocenters. The standard InChI is InChI=1S/C17H27FN2/c1-2-20(17-12-8-7-11-16(17)18)14-13-19-15-9-5-3-4-6-10-15/h7-8,11-12,15,19H,2-6,9-10,13-14H2,1H3. The molecule has 0 saturated heterocycles. The summed E-state index contributed by atoms with van der Waals surface area (Å²) < 4.78 is 13.8. The zero-order valence-electron chi connectivity index (χ0n) is 12.6. The summed E-state index contributed by atoms with van der Waals surface area (Å²) in [4.78, 5) is 2.11. The molecule has 20 heavy (non-hydrogen) atoms. The Kier molecular flexibility index (Phi) is 6.31. The minimum absolute atomic E-state index is 0.121. The van der Waals surface area contributed by atoms with Gasteiger partial charge in [0.15, 0.2) is 0 Å². The number of halogens is 1. The summed E-state index contributed by atoms with van der Waals surface area (Å²) >= 11 is 0. The zero-order valence-corrected chi connectivity index (χ0v) is 12.6. The van der Waals surface area contributed by atoms with Crippen LogP contribution in [0.3, 0.4) is 0 Å². The minimum atomic E-state index is -0.121. The molecule has 0 heterocycles. The average Bonchev–Trinajstić information content (AvgIpc) is 2.73. The smallest absolute Gasteiger partial charge is 0.146 e. The number of nitrogens with one attached hydrogen (secondary N) is 1. The molecule has 0 aromatic heterocycles. The lowest BCUT2D eigenvalue weighted by Gasteiger charge is -2.25. The first kappa shape index (κ1) is 15.3. The van der Waals surface area contributed by atoms with Crippen molar-refractivity contribution >= 4 is 5.69 Å². The van der Waals surface area contributed by atoms with Gasteiger partial charge in [-0.05, 0) is 31.9 Å². The Balaban J connectivity index is 1.80. The van der Waals surface area contributed by atoms with E-state index in [1.807, 2.05) is 12.1 Å². The van der Waals surface area contributed by atoms with Crippen molar-refractivity contribution < 1.29 is 4.39 Å². The maximum atomic E-state index is 13.8. The van der Waals surface area contributed by atoms with Crippen LogP contribution in [0.5, 0.6) is 0 Å². The third kappa shape index (κ3) is 4.48. The molecule has 3 heteroatoms. The Hall–Kier alpha value is -1.09. The molecule has 1 fully saturated rings. The Bertz CT molecular complexity index is 386. The van der Waals surface area contributed by atoms with Gasteiger partial charge in [0.25, 0.3) is 0 Å². The largest absolute Gasteiger partial charge is 0.368 e. The molecule has 1 aliphatic rings. The van der Waals surface area contributed by atoms with Crippen molar-refractivity contribution in [3.05, 3.63) is 30.1 Å². The molecule has 0 atom stereocenters. The maximum absolute atomic E-state index is 13.8. The van der Waals surface area contributed by atoms with E-state index in [1.54, 1.807) is 6.07 Å². The first-order chi connectivity index (χ1) is 9.81. The highest BCUT2D eigenvalue weighted by atomic mass is 19.1. The van der Waals surface area contributed by atoms with Crippen LogP contribution in [0, 0.1) is 5.82 Å². The predicted molar refractivity (Wildman–Crippen MR) is 83.8 cm³/mol. The summed E-state index contributed by atoms with van der Waals surface area (Å²) in [5.74, 6) is -0.121. The van der Waals surface area contributed by atoms with E-state index in [0.717, 1.165) is 25.3 Å². The topological polar surface area (TPSA) is 15.3 Å². The number of benzene rings is 1. The molecule has 1 aliphatic carbocycles. The molecule has 112 valence electrons. The fourth-order valence-electron chi connectivity index (χ4n) is 3.04. The van der Waals surface area contributed by atoms with E-state index in [0.29, 0.717) is 6.04 Å². The zero-order chi connectivity index (χ0) is 14.2. The van der Waals surface area contributed by atoms with Crippen molar-refractivity contribution in [1.29, 1.82) is 0 Å². The van der Waals surface area contributed by atoms with E-state index in [1.165, 1.54) is 44.6 Å². The molecule has 1 aromatic rings. The van der Waals surface area contributed by atoms with Crippen molar-refractivity contribution in [2.24, 2.45) is 0 Å². The van der Waals surface area contributed by atoms with Crippen molar-refractivity contribution in [2.45, 2.75) is 51.5 Å². The van der Waals surface area contributed by atoms with Gasteiger partial charge in [-0.1, -0.05) is 37.8 Å². The van der Waals surface area contributed by atoms with Gasteiger partial charge in [-0.15, -0.1) is 0 Å². The lowest BCUT2D eigenvalue weighted by atomic mass is 10.1. The lowest BCUT2D eigenvalue weighted by Crippen LogP contribution is -2.37. The number of hydrogen-bond acceptors (Lipinski definition) is 2. The van der Waals surface area contributed by atoms with E-state index in [2.05, 4.69) is 17.1 Å². The fourth-order valence-corrected chi connectivity index (χ4v) is 3.04. The van der Waals surface area contributed by atoms with Gasteiger partial charge in [0.2, 0.25) is 0 Å². The highest BCUT2D eigenvalue weighted by molar-refractivity contribution is 5.47. The summed E-state index contributed by atoms with van der Waals surface area (Å²) in [7, 11) is 0. The Morgan fingerprint density at radius 2 is 1.85 bits per heavy atom. The minimum Gasteiger partial charge on any atom is -0.368 e. The first-order valence-electron chi connectivity index (χ1n) is 8.04. The van der Waals surface area contributed by atoms with Crippen LogP contribution >= 0.6 is 0 Å². The monoisotopic (exact) mass is 278 g/mol. The van der Waals surface area contributed by atoms with Crippen molar-refractivity contribution in [3.8, 4) is 0 Å². The van der Waals surface area contributed by atoms with Crippen LogP contribution in [0.25, 0.3) is 0 Å². The molecular weight excluding hydrogens is 251 g/mol. The van der Waals surface area contributed by atoms with Gasteiger partial charge in [-0.3, -0.25) is 0 Å². The second kappa shape index (κ2) is 8.25. The van der Waals surface area contributed by atoms with Gasteiger partial charge < -0.3 is 10.2 Å². The van der Waals surface area contributed by atoms with E-state index in [-0.39, 0.29) is 5.82 Å². The first-order valence-corrected chi connectivity index (χ1v) is 8.04. The second-order valence-corrected chi connectivity index (χ2v) is 5.67. The molecule has 1 N–H and O–H groups in total. The summed E-state index contributed by atoms with van der Waals surface area (Å²) in [6.07, 6.45) is 8.06. The number of hydrogen-bond donors (Lipinski definition) is 1. The molecule has 0 bridgehead atoms. The van der Waals surface area contributed by atoms with Crippen LogP contribution in [0.15, 0.2) is 24.3 Å². The number of rotatable bonds is 6. The number of para-hydroxylation sites is 1. The molecule has 0 spiro atoms. The van der Waals surface area contributed by atoms with Crippen LogP contribution < -0.4 is 10.2 Å². The average molecular weight is 278 g/mol. The predicted octanol–water partition coefficient (Wildman–Crippen LogP) is 3.96. The molecule has 0 radical (unpaired) electrons. The molecule has 1 aromatic carbocycles. The third-order valence-corrected chi connectivity index (χ3v) is 4.24. The van der Waals surface area contributed by atoms with Gasteiger partial charge in [0.1, 0.15) is 5.82 Å². The van der Waals surface area contributed by atoms with Gasteiger partial charge >= 0.3 is 0 Å². The molecule has 2 rings (SSSR count). The molecule has 1 saturated carbocycles. The summed E-state index contributed by atoms with van der Waals surface area (Å²) in [5, 5.41) is 3.65. The second-order valence-electron chi connectivity index (χ2n) is 5.67. The van der Waals surface area contributed by atoms with Gasteiger partial charge in [0.05, 0.1) is 5.69 Å². The number of anilines is 1. The van der Waals surface area contributed by atoms with Crippen LogP contribution in [0.1, 0.15) is 45.4 Å². The SMILES string of the molecule is CCN(CCNC1CCCCCC1)c1ccccc1F. The number of nitrogens with zero attached hydrogens (tertiary/aromatic N) is 1. The lowest BCUT2D eigenvalue weighted by molar-refractivity contribution is 0.462. The normalized spacial score (nSPS) is 16.9. The quantitative estimate of drug-likeness (QED) is 0.792. The third-order valence-electron chi connectivity index (χ3n) is 4.24. The summed E-state index contributed by atoms with van der Waals surface area (Å²) in [6.45, 7) is 4.73. The van der Waals surface area contributed by atoms with Crippen LogP contribution in [-0.4, -0.2) is 25.7 Å². The molecule has 0 amide bonds. The Morgan fingerprint density at radius 1 is 1.15 bits per heavy atom. The van der Waals surface area contributed by atoms with Crippen LogP contribution in [0.4, 0.5) is 10.1 Å². The van der Waals surface area contributed by atoms with E-state index >= 15 is 0 Å². The van der Waals surface area contributed by atoms with Gasteiger partial charge in [-0.25, -0.2) is 4.39 Å². The van der Waals surface area contributed by atoms with Gasteiger partial charge in [0, 0.05) is 25.7 Å². The molecule has 2 nitrogen and oxygen atoms in total. The van der Waals surface area contributed by atoms with Crippen LogP contribution in [0.2, 0.25) is 0 Å². The Morgan fingerprint density at radius 3 is 2.50 bits per heavy atom. The maximum Gasteiger partial charge on any atom is 0.146 e.